The van der Waals surface area contributed by atoms with Gasteiger partial charge in [0.25, 0.3) is 5.92 Å². The van der Waals surface area contributed by atoms with E-state index in [9.17, 15) is 13.6 Å². The van der Waals surface area contributed by atoms with Crippen LogP contribution in [0.2, 0.25) is 0 Å². The molecule has 19 heavy (non-hydrogen) atoms. The van der Waals surface area contributed by atoms with E-state index >= 15 is 0 Å². The maximum absolute atomic E-state index is 12.6. The summed E-state index contributed by atoms with van der Waals surface area (Å²) in [6, 6.07) is 7.33. The van der Waals surface area contributed by atoms with Gasteiger partial charge in [-0.05, 0) is 6.07 Å². The monoisotopic (exact) mass is 270 g/mol. The minimum absolute atomic E-state index is 0.00470. The Bertz CT molecular complexity index is 458. The van der Waals surface area contributed by atoms with Gasteiger partial charge >= 0.3 is 0 Å². The van der Waals surface area contributed by atoms with E-state index in [4.69, 9.17) is 4.74 Å². The zero-order valence-corrected chi connectivity index (χ0v) is 10.7. The van der Waals surface area contributed by atoms with Crippen molar-refractivity contribution in [2.24, 2.45) is 0 Å². The van der Waals surface area contributed by atoms with Crippen LogP contribution in [0.3, 0.4) is 0 Å². The molecule has 6 heteroatoms. The molecule has 1 fully saturated rings. The fourth-order valence-corrected chi connectivity index (χ4v) is 2.02. The number of likely N-dealkylation sites (tertiary alicyclic amines) is 1. The lowest BCUT2D eigenvalue weighted by Gasteiger charge is -2.38. The highest BCUT2D eigenvalue weighted by atomic mass is 19.3. The Morgan fingerprint density at radius 2 is 2.11 bits per heavy atom. The number of amides is 1. The van der Waals surface area contributed by atoms with Crippen LogP contribution < -0.4 is 10.1 Å². The molecular weight excluding hydrogens is 254 g/mol. The van der Waals surface area contributed by atoms with E-state index in [1.54, 1.807) is 13.2 Å². The number of methoxy groups -OCH3 is 1. The number of alkyl halides is 2. The van der Waals surface area contributed by atoms with Gasteiger partial charge in [-0.25, -0.2) is 8.78 Å². The zero-order valence-electron chi connectivity index (χ0n) is 10.7. The molecule has 1 N–H and O–H groups in total. The molecule has 0 radical (unpaired) electrons. The maximum atomic E-state index is 12.6. The first kappa shape index (κ1) is 13.7. The summed E-state index contributed by atoms with van der Waals surface area (Å²) in [4.78, 5) is 13.0. The van der Waals surface area contributed by atoms with Gasteiger partial charge < -0.3 is 10.1 Å². The molecule has 1 amide bonds. The van der Waals surface area contributed by atoms with Crippen LogP contribution in [-0.4, -0.2) is 43.5 Å². The van der Waals surface area contributed by atoms with Crippen molar-refractivity contribution in [3.8, 4) is 5.75 Å². The molecule has 0 aromatic heterocycles. The van der Waals surface area contributed by atoms with Gasteiger partial charge in [-0.3, -0.25) is 9.69 Å². The third-order valence-corrected chi connectivity index (χ3v) is 2.95. The SMILES string of the molecule is COc1ccccc1CNC(=O)CN1CC(F)(F)C1. The minimum Gasteiger partial charge on any atom is -0.496 e. The molecule has 1 aromatic carbocycles. The van der Waals surface area contributed by atoms with Gasteiger partial charge in [0.2, 0.25) is 5.91 Å². The van der Waals surface area contributed by atoms with E-state index < -0.39 is 5.92 Å². The molecule has 1 aliphatic rings. The van der Waals surface area contributed by atoms with Crippen molar-refractivity contribution in [3.05, 3.63) is 29.8 Å². The number of nitrogens with zero attached hydrogens (tertiary/aromatic N) is 1. The molecule has 1 aliphatic heterocycles. The summed E-state index contributed by atoms with van der Waals surface area (Å²) >= 11 is 0. The van der Waals surface area contributed by atoms with Crippen LogP contribution in [-0.2, 0) is 11.3 Å². The third-order valence-electron chi connectivity index (χ3n) is 2.95. The Morgan fingerprint density at radius 3 is 2.74 bits per heavy atom. The smallest absolute Gasteiger partial charge is 0.272 e. The summed E-state index contributed by atoms with van der Waals surface area (Å²) in [5.41, 5.74) is 0.854. The predicted molar refractivity (Wildman–Crippen MR) is 66.2 cm³/mol. The van der Waals surface area contributed by atoms with Gasteiger partial charge in [-0.15, -0.1) is 0 Å². The number of hydrogen-bond acceptors (Lipinski definition) is 3. The second-order valence-corrected chi connectivity index (χ2v) is 4.59. The Morgan fingerprint density at radius 1 is 1.42 bits per heavy atom. The number of para-hydroxylation sites is 1. The summed E-state index contributed by atoms with van der Waals surface area (Å²) in [5.74, 6) is -2.21. The van der Waals surface area contributed by atoms with Gasteiger partial charge in [0.1, 0.15) is 5.75 Å². The number of halogens is 2. The molecular formula is C13H16F2N2O2. The van der Waals surface area contributed by atoms with Crippen molar-refractivity contribution in [2.45, 2.75) is 12.5 Å². The predicted octanol–water partition coefficient (Wildman–Crippen LogP) is 1.26. The summed E-state index contributed by atoms with van der Waals surface area (Å²) in [5, 5.41) is 2.69. The first-order valence-corrected chi connectivity index (χ1v) is 5.99. The normalized spacial score (nSPS) is 17.6. The molecule has 1 saturated heterocycles. The number of benzene rings is 1. The summed E-state index contributed by atoms with van der Waals surface area (Å²) in [7, 11) is 1.56. The molecule has 0 spiro atoms. The molecule has 0 aliphatic carbocycles. The van der Waals surface area contributed by atoms with Crippen LogP contribution in [0, 0.1) is 0 Å². The van der Waals surface area contributed by atoms with E-state index in [2.05, 4.69) is 5.32 Å². The molecule has 0 bridgehead atoms. The van der Waals surface area contributed by atoms with E-state index in [0.29, 0.717) is 12.3 Å². The van der Waals surface area contributed by atoms with Crippen molar-refractivity contribution in [3.63, 3.8) is 0 Å². The lowest BCUT2D eigenvalue weighted by Crippen LogP contribution is -2.58. The Kier molecular flexibility index (Phi) is 3.99. The maximum Gasteiger partial charge on any atom is 0.272 e. The van der Waals surface area contributed by atoms with Crippen molar-refractivity contribution >= 4 is 5.91 Å². The number of carbonyl (C=O) groups excluding carboxylic acids is 1. The number of nitrogens with one attached hydrogen (secondary N) is 1. The first-order chi connectivity index (χ1) is 9.00. The summed E-state index contributed by atoms with van der Waals surface area (Å²) in [6.45, 7) is -0.345. The molecule has 1 aromatic rings. The van der Waals surface area contributed by atoms with Gasteiger partial charge in [0.15, 0.2) is 0 Å². The molecule has 4 nitrogen and oxygen atoms in total. The summed E-state index contributed by atoms with van der Waals surface area (Å²) in [6.07, 6.45) is 0. The Hall–Kier alpha value is -1.69. The largest absolute Gasteiger partial charge is 0.496 e. The van der Waals surface area contributed by atoms with Gasteiger partial charge in [-0.1, -0.05) is 18.2 Å². The van der Waals surface area contributed by atoms with Crippen molar-refractivity contribution in [1.82, 2.24) is 10.2 Å². The van der Waals surface area contributed by atoms with Crippen LogP contribution in [0.15, 0.2) is 24.3 Å². The molecule has 0 unspecified atom stereocenters. The number of carbonyl (C=O) groups is 1. The van der Waals surface area contributed by atoms with Crippen LogP contribution in [0.4, 0.5) is 8.78 Å². The Labute approximate surface area is 110 Å². The average Bonchev–Trinajstić information content (AvgIpc) is 2.34. The number of rotatable bonds is 5. The van der Waals surface area contributed by atoms with Crippen LogP contribution in [0.1, 0.15) is 5.56 Å². The molecule has 2 rings (SSSR count). The number of ether oxygens (including phenoxy) is 1. The molecule has 0 atom stereocenters. The second kappa shape index (κ2) is 5.52. The fraction of sp³-hybridized carbons (Fsp3) is 0.462. The van der Waals surface area contributed by atoms with Crippen molar-refractivity contribution in [1.29, 1.82) is 0 Å². The van der Waals surface area contributed by atoms with Crippen LogP contribution in [0.5, 0.6) is 5.75 Å². The zero-order chi connectivity index (χ0) is 13.9. The first-order valence-electron chi connectivity index (χ1n) is 5.99. The van der Waals surface area contributed by atoms with Gasteiger partial charge in [-0.2, -0.15) is 0 Å². The van der Waals surface area contributed by atoms with E-state index in [1.165, 1.54) is 4.90 Å². The topological polar surface area (TPSA) is 41.6 Å². The third kappa shape index (κ3) is 3.64. The summed E-state index contributed by atoms with van der Waals surface area (Å²) < 4.78 is 30.4. The van der Waals surface area contributed by atoms with E-state index in [-0.39, 0.29) is 25.5 Å². The fourth-order valence-electron chi connectivity index (χ4n) is 2.02. The van der Waals surface area contributed by atoms with Gasteiger partial charge in [0, 0.05) is 12.1 Å². The highest BCUT2D eigenvalue weighted by Gasteiger charge is 2.44. The Balaban J connectivity index is 1.77. The minimum atomic E-state index is -2.64. The lowest BCUT2D eigenvalue weighted by molar-refractivity contribution is -0.144. The highest BCUT2D eigenvalue weighted by molar-refractivity contribution is 5.78. The van der Waals surface area contributed by atoms with Crippen LogP contribution in [0.25, 0.3) is 0 Å². The molecule has 1 heterocycles. The lowest BCUT2D eigenvalue weighted by atomic mass is 10.1. The van der Waals surface area contributed by atoms with Crippen molar-refractivity contribution < 1.29 is 18.3 Å². The quantitative estimate of drug-likeness (QED) is 0.876. The van der Waals surface area contributed by atoms with Crippen LogP contribution >= 0.6 is 0 Å². The van der Waals surface area contributed by atoms with Crippen molar-refractivity contribution in [2.75, 3.05) is 26.7 Å². The van der Waals surface area contributed by atoms with E-state index in [1.807, 2.05) is 18.2 Å². The average molecular weight is 270 g/mol. The molecule has 0 saturated carbocycles. The van der Waals surface area contributed by atoms with E-state index in [0.717, 1.165) is 5.56 Å². The highest BCUT2D eigenvalue weighted by Crippen LogP contribution is 2.25. The van der Waals surface area contributed by atoms with Gasteiger partial charge in [0.05, 0.1) is 26.7 Å². The standard InChI is InChI=1S/C13H16F2N2O2/c1-19-11-5-3-2-4-10(11)6-16-12(18)7-17-8-13(14,15)9-17/h2-5H,6-9H2,1H3,(H,16,18). The number of hydrogen-bond donors (Lipinski definition) is 1. The molecule has 104 valence electrons. The second-order valence-electron chi connectivity index (χ2n) is 4.59.